The molecule has 0 aromatic heterocycles. The Bertz CT molecular complexity index is 757. The van der Waals surface area contributed by atoms with Crippen LogP contribution < -0.4 is 0 Å². The van der Waals surface area contributed by atoms with E-state index in [4.69, 9.17) is 0 Å². The van der Waals surface area contributed by atoms with E-state index in [0.717, 1.165) is 24.8 Å². The first-order valence-electron chi connectivity index (χ1n) is 10.1. The number of allylic oxidation sites excluding steroid dienone is 1. The minimum Gasteiger partial charge on any atom is -0.393 e. The number of benzene rings is 1. The summed E-state index contributed by atoms with van der Waals surface area (Å²) in [6.07, 6.45) is 5.51. The van der Waals surface area contributed by atoms with Crippen LogP contribution in [0.3, 0.4) is 0 Å². The van der Waals surface area contributed by atoms with E-state index in [-0.39, 0.29) is 23.2 Å². The van der Waals surface area contributed by atoms with Gasteiger partial charge in [0.2, 0.25) is 0 Å². The summed E-state index contributed by atoms with van der Waals surface area (Å²) in [6.45, 7) is 15.1. The summed E-state index contributed by atoms with van der Waals surface area (Å²) in [6, 6.07) is 0. The lowest BCUT2D eigenvalue weighted by molar-refractivity contribution is -0.133. The zero-order valence-electron chi connectivity index (χ0n) is 17.5. The molecule has 1 N–H and O–H groups in total. The monoisotopic (exact) mass is 354 g/mol. The average Bonchev–Trinajstić information content (AvgIpc) is 2.61. The Morgan fingerprint density at radius 2 is 1.50 bits per heavy atom. The molecule has 2 nitrogen and oxygen atoms in total. The molecule has 0 amide bonds. The summed E-state index contributed by atoms with van der Waals surface area (Å²) in [5.74, 6) is 0.596. The topological polar surface area (TPSA) is 37.3 Å². The number of carbonyl (C=O) groups excluding carboxylic acids is 1. The summed E-state index contributed by atoms with van der Waals surface area (Å²) in [4.78, 5) is 13.1. The van der Waals surface area contributed by atoms with Crippen molar-refractivity contribution in [2.75, 3.05) is 0 Å². The van der Waals surface area contributed by atoms with Crippen molar-refractivity contribution in [1.29, 1.82) is 0 Å². The Hall–Kier alpha value is -1.41. The fourth-order valence-electron chi connectivity index (χ4n) is 5.52. The molecule has 2 fully saturated rings. The highest BCUT2D eigenvalue weighted by atomic mass is 16.3. The van der Waals surface area contributed by atoms with E-state index in [1.165, 1.54) is 33.4 Å². The van der Waals surface area contributed by atoms with Crippen molar-refractivity contribution in [2.24, 2.45) is 17.3 Å². The summed E-state index contributed by atoms with van der Waals surface area (Å²) in [7, 11) is 0. The van der Waals surface area contributed by atoms with Gasteiger partial charge in [-0.3, -0.25) is 4.79 Å². The lowest BCUT2D eigenvalue weighted by Crippen LogP contribution is -2.51. The van der Waals surface area contributed by atoms with E-state index in [0.29, 0.717) is 12.3 Å². The van der Waals surface area contributed by atoms with Gasteiger partial charge in [0, 0.05) is 11.3 Å². The normalized spacial score (nSPS) is 33.5. The number of fused-ring (bicyclic) bond motifs is 1. The molecule has 3 rings (SSSR count). The van der Waals surface area contributed by atoms with Gasteiger partial charge in [0.05, 0.1) is 6.10 Å². The van der Waals surface area contributed by atoms with E-state index in [2.05, 4.69) is 54.5 Å². The molecule has 142 valence electrons. The molecule has 0 heterocycles. The van der Waals surface area contributed by atoms with Crippen LogP contribution in [0.1, 0.15) is 72.9 Å². The zero-order valence-corrected chi connectivity index (χ0v) is 17.5. The Morgan fingerprint density at radius 1 is 0.962 bits per heavy atom. The summed E-state index contributed by atoms with van der Waals surface area (Å²) >= 11 is 0. The minimum absolute atomic E-state index is 0.00297. The third kappa shape index (κ3) is 2.78. The number of Topliss-reactive ketones (excluding diaryl/α,β-unsaturated/α-hetero) is 1. The molecule has 0 saturated heterocycles. The van der Waals surface area contributed by atoms with Gasteiger partial charge in [0.15, 0.2) is 5.78 Å². The molecule has 1 aromatic carbocycles. The van der Waals surface area contributed by atoms with Crippen LogP contribution in [0.2, 0.25) is 0 Å². The van der Waals surface area contributed by atoms with Crippen molar-refractivity contribution < 1.29 is 9.90 Å². The first kappa shape index (κ1) is 19.4. The number of ketones is 1. The van der Waals surface area contributed by atoms with Crippen LogP contribution >= 0.6 is 0 Å². The molecule has 2 heteroatoms. The van der Waals surface area contributed by atoms with Crippen LogP contribution in [0.5, 0.6) is 0 Å². The molecule has 0 bridgehead atoms. The standard InChI is InChI=1S/C24H34O2/c1-13-14(2)16(4)20(17(5)15(13)3)11-19-12-24(7)21(18(6)23(19)26)9-8-10-22(24)25/h11,18,21-22,25H,8-10,12H2,1-7H3/b19-11+/t18?,21?,22-,24-/m0/s1. The second-order valence-electron chi connectivity index (χ2n) is 9.10. The third-order valence-electron chi connectivity index (χ3n) is 7.88. The van der Waals surface area contributed by atoms with Gasteiger partial charge in [0.25, 0.3) is 0 Å². The molecule has 2 unspecified atom stereocenters. The highest BCUT2D eigenvalue weighted by Gasteiger charge is 2.51. The molecule has 1 aromatic rings. The van der Waals surface area contributed by atoms with Crippen LogP contribution in [0, 0.1) is 51.9 Å². The highest BCUT2D eigenvalue weighted by Crippen LogP contribution is 2.53. The summed E-state index contributed by atoms with van der Waals surface area (Å²) < 4.78 is 0. The lowest BCUT2D eigenvalue weighted by Gasteiger charge is -2.51. The van der Waals surface area contributed by atoms with Gasteiger partial charge in [0.1, 0.15) is 0 Å². The van der Waals surface area contributed by atoms with Gasteiger partial charge in [-0.25, -0.2) is 0 Å². The lowest BCUT2D eigenvalue weighted by atomic mass is 9.54. The summed E-state index contributed by atoms with van der Waals surface area (Å²) in [5.41, 5.74) is 8.47. The predicted octanol–water partition coefficient (Wildman–Crippen LogP) is 5.39. The number of aliphatic hydroxyl groups excluding tert-OH is 1. The average molecular weight is 355 g/mol. The molecular weight excluding hydrogens is 320 g/mol. The van der Waals surface area contributed by atoms with Crippen molar-refractivity contribution in [2.45, 2.75) is 80.3 Å². The van der Waals surface area contributed by atoms with Crippen molar-refractivity contribution >= 4 is 11.9 Å². The van der Waals surface area contributed by atoms with Crippen LogP contribution in [-0.4, -0.2) is 17.0 Å². The largest absolute Gasteiger partial charge is 0.393 e. The maximum Gasteiger partial charge on any atom is 0.161 e. The smallest absolute Gasteiger partial charge is 0.161 e. The molecular formula is C24H34O2. The third-order valence-corrected chi connectivity index (χ3v) is 7.88. The van der Waals surface area contributed by atoms with Gasteiger partial charge in [-0.05, 0) is 105 Å². The Morgan fingerprint density at radius 3 is 2.08 bits per heavy atom. The van der Waals surface area contributed by atoms with Gasteiger partial charge in [-0.15, -0.1) is 0 Å². The minimum atomic E-state index is -0.302. The molecule has 4 atom stereocenters. The molecule has 2 aliphatic carbocycles. The first-order chi connectivity index (χ1) is 12.1. The second-order valence-corrected chi connectivity index (χ2v) is 9.10. The molecule has 26 heavy (non-hydrogen) atoms. The quantitative estimate of drug-likeness (QED) is 0.687. The Kier molecular flexibility index (Phi) is 4.94. The van der Waals surface area contributed by atoms with E-state index < -0.39 is 0 Å². The Balaban J connectivity index is 2.11. The van der Waals surface area contributed by atoms with Crippen LogP contribution in [0.25, 0.3) is 6.08 Å². The maximum atomic E-state index is 13.1. The maximum absolute atomic E-state index is 13.1. The summed E-state index contributed by atoms with van der Waals surface area (Å²) in [5, 5.41) is 10.7. The van der Waals surface area contributed by atoms with E-state index in [1.807, 2.05) is 0 Å². The molecule has 0 radical (unpaired) electrons. The van der Waals surface area contributed by atoms with Gasteiger partial charge in [-0.1, -0.05) is 20.3 Å². The fourth-order valence-corrected chi connectivity index (χ4v) is 5.52. The highest BCUT2D eigenvalue weighted by molar-refractivity contribution is 6.02. The van der Waals surface area contributed by atoms with Crippen molar-refractivity contribution in [3.63, 3.8) is 0 Å². The van der Waals surface area contributed by atoms with Crippen LogP contribution in [0.15, 0.2) is 5.57 Å². The number of aliphatic hydroxyl groups is 1. The molecule has 0 spiro atoms. The Labute approximate surface area is 158 Å². The van der Waals surface area contributed by atoms with Gasteiger partial charge >= 0.3 is 0 Å². The zero-order chi connectivity index (χ0) is 19.4. The molecule has 2 aliphatic rings. The van der Waals surface area contributed by atoms with Crippen molar-refractivity contribution in [1.82, 2.24) is 0 Å². The van der Waals surface area contributed by atoms with Crippen LogP contribution in [-0.2, 0) is 4.79 Å². The first-order valence-corrected chi connectivity index (χ1v) is 10.1. The van der Waals surface area contributed by atoms with Crippen molar-refractivity contribution in [3.05, 3.63) is 39.0 Å². The predicted molar refractivity (Wildman–Crippen MR) is 108 cm³/mol. The van der Waals surface area contributed by atoms with E-state index in [9.17, 15) is 9.90 Å². The number of carbonyl (C=O) groups is 1. The SMILES string of the molecule is Cc1c(C)c(C)c(/C=C2\C[C@@]3(C)C(CCC[C@@H]3O)C(C)C2=O)c(C)c1C. The van der Waals surface area contributed by atoms with E-state index >= 15 is 0 Å². The fraction of sp³-hybridized carbons (Fsp3) is 0.625. The number of rotatable bonds is 1. The number of hydrogen-bond donors (Lipinski definition) is 1. The van der Waals surface area contributed by atoms with Gasteiger partial charge in [-0.2, -0.15) is 0 Å². The molecule has 2 saturated carbocycles. The van der Waals surface area contributed by atoms with E-state index in [1.54, 1.807) is 0 Å². The second kappa shape index (κ2) is 6.64. The van der Waals surface area contributed by atoms with Crippen molar-refractivity contribution in [3.8, 4) is 0 Å². The number of hydrogen-bond acceptors (Lipinski definition) is 2. The van der Waals surface area contributed by atoms with Crippen LogP contribution in [0.4, 0.5) is 0 Å². The van der Waals surface area contributed by atoms with Gasteiger partial charge < -0.3 is 5.11 Å². The molecule has 0 aliphatic heterocycles.